The van der Waals surface area contributed by atoms with E-state index in [-0.39, 0.29) is 16.9 Å². The van der Waals surface area contributed by atoms with Crippen molar-refractivity contribution in [2.45, 2.75) is 46.1 Å². The third-order valence-electron chi connectivity index (χ3n) is 3.82. The summed E-state index contributed by atoms with van der Waals surface area (Å²) in [4.78, 5) is 11.7. The van der Waals surface area contributed by atoms with Crippen LogP contribution >= 0.6 is 0 Å². The lowest BCUT2D eigenvalue weighted by atomic mass is 9.61. The highest BCUT2D eigenvalue weighted by atomic mass is 16.6. The molecular formula is C12H20O2. The highest BCUT2D eigenvalue weighted by molar-refractivity contribution is 5.82. The van der Waals surface area contributed by atoms with Crippen molar-refractivity contribution in [3.8, 4) is 0 Å². The van der Waals surface area contributed by atoms with Gasteiger partial charge in [0.2, 0.25) is 0 Å². The highest BCUT2D eigenvalue weighted by Crippen LogP contribution is 2.54. The van der Waals surface area contributed by atoms with Crippen LogP contribution in [0.5, 0.6) is 0 Å². The molecule has 1 saturated heterocycles. The Kier molecular flexibility index (Phi) is 2.04. The molecule has 0 bridgehead atoms. The zero-order valence-electron chi connectivity index (χ0n) is 9.59. The van der Waals surface area contributed by atoms with E-state index in [4.69, 9.17) is 4.74 Å². The molecule has 14 heavy (non-hydrogen) atoms. The van der Waals surface area contributed by atoms with Crippen LogP contribution in [0.3, 0.4) is 0 Å². The molecule has 2 aliphatic rings. The average molecular weight is 196 g/mol. The SMILES string of the molecule is CC1C(=O)CCC2(CO2)C1C(C)(C)C. The maximum atomic E-state index is 11.7. The number of Topliss-reactive ketones (excluding diaryl/α,β-unsaturated/α-hetero) is 1. The maximum absolute atomic E-state index is 11.7. The van der Waals surface area contributed by atoms with Gasteiger partial charge in [-0.3, -0.25) is 4.79 Å². The van der Waals surface area contributed by atoms with E-state index in [0.717, 1.165) is 13.0 Å². The van der Waals surface area contributed by atoms with Crippen LogP contribution in [0.25, 0.3) is 0 Å². The molecule has 1 aliphatic heterocycles. The summed E-state index contributed by atoms with van der Waals surface area (Å²) in [6, 6.07) is 0. The predicted octanol–water partition coefficient (Wildman–Crippen LogP) is 2.42. The monoisotopic (exact) mass is 196 g/mol. The molecule has 1 saturated carbocycles. The van der Waals surface area contributed by atoms with E-state index < -0.39 is 0 Å². The van der Waals surface area contributed by atoms with Crippen molar-refractivity contribution in [3.63, 3.8) is 0 Å². The zero-order chi connectivity index (χ0) is 10.6. The lowest BCUT2D eigenvalue weighted by molar-refractivity contribution is -0.131. The molecule has 1 spiro atoms. The number of ketones is 1. The van der Waals surface area contributed by atoms with Gasteiger partial charge in [0.25, 0.3) is 0 Å². The molecule has 0 aromatic heterocycles. The second kappa shape index (κ2) is 2.82. The summed E-state index contributed by atoms with van der Waals surface area (Å²) in [6.45, 7) is 9.59. The summed E-state index contributed by atoms with van der Waals surface area (Å²) >= 11 is 0. The molecule has 1 aliphatic carbocycles. The van der Waals surface area contributed by atoms with Gasteiger partial charge < -0.3 is 4.74 Å². The van der Waals surface area contributed by atoms with Gasteiger partial charge in [-0.2, -0.15) is 0 Å². The van der Waals surface area contributed by atoms with E-state index in [0.29, 0.717) is 18.1 Å². The molecule has 2 nitrogen and oxygen atoms in total. The van der Waals surface area contributed by atoms with E-state index in [2.05, 4.69) is 27.7 Å². The molecule has 80 valence electrons. The molecule has 0 aromatic carbocycles. The lowest BCUT2D eigenvalue weighted by Gasteiger charge is -2.42. The molecular weight excluding hydrogens is 176 g/mol. The van der Waals surface area contributed by atoms with E-state index in [1.807, 2.05) is 0 Å². The molecule has 1 heterocycles. The molecule has 3 unspecified atom stereocenters. The van der Waals surface area contributed by atoms with Gasteiger partial charge in [-0.15, -0.1) is 0 Å². The van der Waals surface area contributed by atoms with Crippen LogP contribution < -0.4 is 0 Å². The Balaban J connectivity index is 2.28. The van der Waals surface area contributed by atoms with Gasteiger partial charge in [0, 0.05) is 18.3 Å². The van der Waals surface area contributed by atoms with Gasteiger partial charge in [0.1, 0.15) is 5.78 Å². The molecule has 0 radical (unpaired) electrons. The maximum Gasteiger partial charge on any atom is 0.136 e. The second-order valence-electron chi connectivity index (χ2n) is 5.95. The van der Waals surface area contributed by atoms with Crippen LogP contribution in [-0.2, 0) is 9.53 Å². The van der Waals surface area contributed by atoms with Crippen molar-refractivity contribution < 1.29 is 9.53 Å². The Bertz CT molecular complexity index is 258. The van der Waals surface area contributed by atoms with Crippen molar-refractivity contribution in [2.75, 3.05) is 6.61 Å². The van der Waals surface area contributed by atoms with Crippen LogP contribution in [-0.4, -0.2) is 18.0 Å². The summed E-state index contributed by atoms with van der Waals surface area (Å²) in [5.41, 5.74) is 0.234. The van der Waals surface area contributed by atoms with E-state index in [1.165, 1.54) is 0 Å². The first-order chi connectivity index (χ1) is 6.37. The summed E-state index contributed by atoms with van der Waals surface area (Å²) in [5.74, 6) is 0.994. The first-order valence-electron chi connectivity index (χ1n) is 5.53. The van der Waals surface area contributed by atoms with Crippen LogP contribution in [0.15, 0.2) is 0 Å². The van der Waals surface area contributed by atoms with Crippen LogP contribution in [0, 0.1) is 17.3 Å². The second-order valence-corrected chi connectivity index (χ2v) is 5.95. The Morgan fingerprint density at radius 1 is 1.43 bits per heavy atom. The van der Waals surface area contributed by atoms with Crippen LogP contribution in [0.4, 0.5) is 0 Å². The number of epoxide rings is 1. The number of hydrogen-bond donors (Lipinski definition) is 0. The van der Waals surface area contributed by atoms with Gasteiger partial charge in [-0.1, -0.05) is 27.7 Å². The number of hydrogen-bond acceptors (Lipinski definition) is 2. The molecule has 0 aromatic rings. The first kappa shape index (κ1) is 10.2. The van der Waals surface area contributed by atoms with Crippen molar-refractivity contribution in [2.24, 2.45) is 17.3 Å². The van der Waals surface area contributed by atoms with Gasteiger partial charge in [0.05, 0.1) is 12.2 Å². The van der Waals surface area contributed by atoms with Crippen molar-refractivity contribution in [3.05, 3.63) is 0 Å². The lowest BCUT2D eigenvalue weighted by Crippen LogP contribution is -2.46. The largest absolute Gasteiger partial charge is 0.369 e. The minimum Gasteiger partial charge on any atom is -0.369 e. The standard InChI is InChI=1S/C12H20O2/c1-8-9(13)5-6-12(7-14-12)10(8)11(2,3)4/h8,10H,5-7H2,1-4H3. The molecule has 0 N–H and O–H groups in total. The smallest absolute Gasteiger partial charge is 0.136 e. The van der Waals surface area contributed by atoms with E-state index >= 15 is 0 Å². The minimum absolute atomic E-state index is 0.0611. The third kappa shape index (κ3) is 1.40. The first-order valence-corrected chi connectivity index (χ1v) is 5.53. The summed E-state index contributed by atoms with van der Waals surface area (Å²) < 4.78 is 5.64. The van der Waals surface area contributed by atoms with Crippen LogP contribution in [0.1, 0.15) is 40.5 Å². The third-order valence-corrected chi connectivity index (χ3v) is 3.82. The fourth-order valence-electron chi connectivity index (χ4n) is 3.32. The zero-order valence-corrected chi connectivity index (χ0v) is 9.59. The number of carbonyl (C=O) groups is 1. The molecule has 3 atom stereocenters. The summed E-state index contributed by atoms with van der Waals surface area (Å²) in [6.07, 6.45) is 1.66. The van der Waals surface area contributed by atoms with Crippen molar-refractivity contribution >= 4 is 5.78 Å². The molecule has 2 heteroatoms. The highest BCUT2D eigenvalue weighted by Gasteiger charge is 2.60. The van der Waals surface area contributed by atoms with E-state index in [1.54, 1.807) is 0 Å². The summed E-state index contributed by atoms with van der Waals surface area (Å²) in [5, 5.41) is 0. The predicted molar refractivity (Wildman–Crippen MR) is 55.0 cm³/mol. The molecule has 0 amide bonds. The summed E-state index contributed by atoms with van der Waals surface area (Å²) in [7, 11) is 0. The van der Waals surface area contributed by atoms with Crippen molar-refractivity contribution in [1.82, 2.24) is 0 Å². The van der Waals surface area contributed by atoms with Gasteiger partial charge in [0.15, 0.2) is 0 Å². The fraction of sp³-hybridized carbons (Fsp3) is 0.917. The van der Waals surface area contributed by atoms with Gasteiger partial charge in [-0.05, 0) is 11.8 Å². The Labute approximate surface area is 86.0 Å². The average Bonchev–Trinajstić information content (AvgIpc) is 2.77. The van der Waals surface area contributed by atoms with E-state index in [9.17, 15) is 4.79 Å². The quantitative estimate of drug-likeness (QED) is 0.557. The van der Waals surface area contributed by atoms with Gasteiger partial charge >= 0.3 is 0 Å². The van der Waals surface area contributed by atoms with Crippen molar-refractivity contribution in [1.29, 1.82) is 0 Å². The minimum atomic E-state index is 0.0611. The van der Waals surface area contributed by atoms with Crippen LogP contribution in [0.2, 0.25) is 0 Å². The number of rotatable bonds is 0. The topological polar surface area (TPSA) is 29.6 Å². The Morgan fingerprint density at radius 3 is 2.43 bits per heavy atom. The number of ether oxygens (including phenoxy) is 1. The van der Waals surface area contributed by atoms with Gasteiger partial charge in [-0.25, -0.2) is 0 Å². The Morgan fingerprint density at radius 2 is 2.00 bits per heavy atom. The Hall–Kier alpha value is -0.370. The normalized spacial score (nSPS) is 43.0. The molecule has 2 fully saturated rings. The fourth-order valence-corrected chi connectivity index (χ4v) is 3.32. The molecule has 2 rings (SSSR count). The number of carbonyl (C=O) groups excluding carboxylic acids is 1.